The lowest BCUT2D eigenvalue weighted by atomic mass is 10.0. The zero-order valence-electron chi connectivity index (χ0n) is 11.0. The first kappa shape index (κ1) is 12.6. The Labute approximate surface area is 115 Å². The van der Waals surface area contributed by atoms with E-state index in [1.54, 1.807) is 0 Å². The second kappa shape index (κ2) is 6.12. The predicted molar refractivity (Wildman–Crippen MR) is 80.0 cm³/mol. The third kappa shape index (κ3) is 3.30. The van der Waals surface area contributed by atoms with E-state index in [1.807, 2.05) is 0 Å². The molecule has 3 rings (SSSR count). The summed E-state index contributed by atoms with van der Waals surface area (Å²) in [5, 5.41) is 4.70. The monoisotopic (exact) mass is 261 g/mol. The van der Waals surface area contributed by atoms with Crippen LogP contribution in [0.4, 0.5) is 0 Å². The molecular formula is C16H23NS. The summed E-state index contributed by atoms with van der Waals surface area (Å²) in [4.78, 5) is 0. The van der Waals surface area contributed by atoms with E-state index in [0.717, 1.165) is 11.2 Å². The third-order valence-electron chi connectivity index (χ3n) is 4.09. The van der Waals surface area contributed by atoms with Gasteiger partial charge in [0, 0.05) is 17.8 Å². The molecule has 2 aliphatic rings. The fourth-order valence-electron chi connectivity index (χ4n) is 2.87. The lowest BCUT2D eigenvalue weighted by Gasteiger charge is -2.25. The first-order valence-electron chi connectivity index (χ1n) is 7.33. The molecule has 0 aromatic heterocycles. The zero-order chi connectivity index (χ0) is 12.2. The molecule has 1 aromatic carbocycles. The highest BCUT2D eigenvalue weighted by atomic mass is 32.2. The van der Waals surface area contributed by atoms with Crippen molar-refractivity contribution in [3.63, 3.8) is 0 Å². The molecule has 1 aliphatic carbocycles. The summed E-state index contributed by atoms with van der Waals surface area (Å²) >= 11 is 2.17. The molecule has 2 atom stereocenters. The maximum atomic E-state index is 3.85. The summed E-state index contributed by atoms with van der Waals surface area (Å²) in [6.07, 6.45) is 7.07. The van der Waals surface area contributed by atoms with Crippen LogP contribution < -0.4 is 5.32 Å². The number of rotatable bonds is 5. The summed E-state index contributed by atoms with van der Waals surface area (Å²) in [5.74, 6) is 2.26. The van der Waals surface area contributed by atoms with Gasteiger partial charge in [-0.05, 0) is 42.9 Å². The van der Waals surface area contributed by atoms with Crippen LogP contribution >= 0.6 is 11.8 Å². The molecule has 0 radical (unpaired) electrons. The molecule has 1 aliphatic heterocycles. The Kier molecular flexibility index (Phi) is 4.27. The maximum absolute atomic E-state index is 3.85. The van der Waals surface area contributed by atoms with Crippen molar-refractivity contribution in [2.75, 3.05) is 12.3 Å². The van der Waals surface area contributed by atoms with Crippen LogP contribution in [0.25, 0.3) is 0 Å². The first-order valence-corrected chi connectivity index (χ1v) is 8.38. The molecular weight excluding hydrogens is 238 g/mol. The van der Waals surface area contributed by atoms with Crippen molar-refractivity contribution in [3.05, 3.63) is 35.9 Å². The van der Waals surface area contributed by atoms with Gasteiger partial charge in [0.05, 0.1) is 0 Å². The number of nitrogens with one attached hydrogen (secondary N) is 1. The van der Waals surface area contributed by atoms with E-state index >= 15 is 0 Å². The molecule has 1 saturated heterocycles. The van der Waals surface area contributed by atoms with Crippen LogP contribution in [-0.4, -0.2) is 17.5 Å². The Morgan fingerprint density at radius 3 is 2.61 bits per heavy atom. The number of benzene rings is 1. The van der Waals surface area contributed by atoms with E-state index in [0.29, 0.717) is 6.04 Å². The molecule has 1 aromatic rings. The number of thioether (sulfide) groups is 1. The molecule has 1 nitrogen and oxygen atoms in total. The number of hydrogen-bond donors (Lipinski definition) is 1. The van der Waals surface area contributed by atoms with E-state index < -0.39 is 0 Å². The van der Waals surface area contributed by atoms with Gasteiger partial charge in [-0.15, -0.1) is 0 Å². The van der Waals surface area contributed by atoms with Crippen LogP contribution in [0.1, 0.15) is 43.7 Å². The number of hydrogen-bond acceptors (Lipinski definition) is 2. The highest BCUT2D eigenvalue weighted by Gasteiger charge is 2.32. The molecule has 1 saturated carbocycles. The van der Waals surface area contributed by atoms with Gasteiger partial charge in [0.25, 0.3) is 0 Å². The Morgan fingerprint density at radius 2 is 1.94 bits per heavy atom. The van der Waals surface area contributed by atoms with Crippen molar-refractivity contribution >= 4 is 11.8 Å². The van der Waals surface area contributed by atoms with E-state index in [-0.39, 0.29) is 0 Å². The minimum Gasteiger partial charge on any atom is -0.309 e. The van der Waals surface area contributed by atoms with E-state index in [4.69, 9.17) is 0 Å². The summed E-state index contributed by atoms with van der Waals surface area (Å²) in [6.45, 7) is 1.20. The van der Waals surface area contributed by atoms with Gasteiger partial charge < -0.3 is 5.32 Å². The first-order chi connectivity index (χ1) is 8.93. The van der Waals surface area contributed by atoms with Gasteiger partial charge in [-0.2, -0.15) is 11.8 Å². The molecule has 98 valence electrons. The highest BCUT2D eigenvalue weighted by molar-refractivity contribution is 7.99. The molecule has 1 N–H and O–H groups in total. The fourth-order valence-corrected chi connectivity index (χ4v) is 4.12. The Hall–Kier alpha value is -0.470. The third-order valence-corrected chi connectivity index (χ3v) is 5.49. The smallest absolute Gasteiger partial charge is 0.0349 e. The molecule has 2 unspecified atom stereocenters. The van der Waals surface area contributed by atoms with Crippen LogP contribution in [0.3, 0.4) is 0 Å². The Morgan fingerprint density at radius 1 is 1.11 bits per heavy atom. The molecule has 2 heteroatoms. The van der Waals surface area contributed by atoms with Gasteiger partial charge >= 0.3 is 0 Å². The van der Waals surface area contributed by atoms with Crippen LogP contribution in [0, 0.1) is 5.92 Å². The van der Waals surface area contributed by atoms with Crippen LogP contribution in [0.15, 0.2) is 30.3 Å². The van der Waals surface area contributed by atoms with Gasteiger partial charge in [0.15, 0.2) is 0 Å². The zero-order valence-corrected chi connectivity index (χ0v) is 11.8. The van der Waals surface area contributed by atoms with Gasteiger partial charge in [-0.25, -0.2) is 0 Å². The second-order valence-electron chi connectivity index (χ2n) is 5.62. The lowest BCUT2D eigenvalue weighted by Crippen LogP contribution is -2.31. The fraction of sp³-hybridized carbons (Fsp3) is 0.625. The van der Waals surface area contributed by atoms with Crippen molar-refractivity contribution in [1.82, 2.24) is 5.32 Å². The normalized spacial score (nSPS) is 25.9. The van der Waals surface area contributed by atoms with E-state index in [1.165, 1.54) is 50.0 Å². The molecule has 2 fully saturated rings. The second-order valence-corrected chi connectivity index (χ2v) is 7.03. The summed E-state index contributed by atoms with van der Waals surface area (Å²) in [7, 11) is 0. The van der Waals surface area contributed by atoms with Gasteiger partial charge in [-0.1, -0.05) is 36.8 Å². The minimum absolute atomic E-state index is 0.605. The van der Waals surface area contributed by atoms with Crippen LogP contribution in [-0.2, 0) is 0 Å². The Bertz CT molecular complexity index is 355. The van der Waals surface area contributed by atoms with Crippen molar-refractivity contribution in [1.29, 1.82) is 0 Å². The van der Waals surface area contributed by atoms with E-state index in [9.17, 15) is 0 Å². The maximum Gasteiger partial charge on any atom is 0.0349 e. The quantitative estimate of drug-likeness (QED) is 0.859. The van der Waals surface area contributed by atoms with Crippen LogP contribution in [0.2, 0.25) is 0 Å². The average Bonchev–Trinajstić information content (AvgIpc) is 3.26. The van der Waals surface area contributed by atoms with Crippen molar-refractivity contribution < 1.29 is 0 Å². The minimum atomic E-state index is 0.605. The van der Waals surface area contributed by atoms with Gasteiger partial charge in [0.1, 0.15) is 0 Å². The van der Waals surface area contributed by atoms with Gasteiger partial charge in [-0.3, -0.25) is 0 Å². The Balaban J connectivity index is 1.57. The molecule has 0 amide bonds. The largest absolute Gasteiger partial charge is 0.309 e. The lowest BCUT2D eigenvalue weighted by molar-refractivity contribution is 0.468. The van der Waals surface area contributed by atoms with Crippen molar-refractivity contribution in [2.24, 2.45) is 5.92 Å². The molecule has 1 heterocycles. The molecule has 0 bridgehead atoms. The SMILES string of the molecule is c1ccc(C(NCC2CCCCS2)C2CC2)cc1. The summed E-state index contributed by atoms with van der Waals surface area (Å²) in [6, 6.07) is 11.6. The van der Waals surface area contributed by atoms with Crippen LogP contribution in [0.5, 0.6) is 0 Å². The molecule has 0 spiro atoms. The van der Waals surface area contributed by atoms with Gasteiger partial charge in [0.2, 0.25) is 0 Å². The highest BCUT2D eigenvalue weighted by Crippen LogP contribution is 2.41. The predicted octanol–water partition coefficient (Wildman–Crippen LogP) is 4.01. The van der Waals surface area contributed by atoms with E-state index in [2.05, 4.69) is 47.4 Å². The summed E-state index contributed by atoms with van der Waals surface area (Å²) < 4.78 is 0. The average molecular weight is 261 g/mol. The summed E-state index contributed by atoms with van der Waals surface area (Å²) in [5.41, 5.74) is 1.49. The standard InChI is InChI=1S/C16H23NS/c1-2-6-13(7-3-1)16(14-9-10-14)17-12-15-8-4-5-11-18-15/h1-3,6-7,14-17H,4-5,8-12H2. The van der Waals surface area contributed by atoms with Crippen molar-refractivity contribution in [3.8, 4) is 0 Å². The molecule has 18 heavy (non-hydrogen) atoms. The van der Waals surface area contributed by atoms with Crippen molar-refractivity contribution in [2.45, 2.75) is 43.4 Å². The topological polar surface area (TPSA) is 12.0 Å².